The first-order valence-electron chi connectivity index (χ1n) is 5.70. The monoisotopic (exact) mass is 388 g/mol. The molecule has 0 bridgehead atoms. The van der Waals surface area contributed by atoms with E-state index in [1.54, 1.807) is 4.68 Å². The fourth-order valence-corrected chi connectivity index (χ4v) is 3.15. The number of benzene rings is 1. The third-order valence-corrected chi connectivity index (χ3v) is 3.77. The van der Waals surface area contributed by atoms with E-state index in [9.17, 15) is 0 Å². The van der Waals surface area contributed by atoms with E-state index in [-0.39, 0.29) is 0 Å². The molecule has 1 aromatic heterocycles. The van der Waals surface area contributed by atoms with Crippen LogP contribution in [0.5, 0.6) is 5.75 Å². The molecule has 1 heterocycles. The number of hydrogen-bond donors (Lipinski definition) is 1. The Balaban J connectivity index is 2.14. The fraction of sp³-hybridized carbons (Fsp3) is 0.333. The molecular formula is C12H14Br2N4O. The van der Waals surface area contributed by atoms with Gasteiger partial charge in [0.05, 0.1) is 8.95 Å². The third kappa shape index (κ3) is 3.55. The number of ether oxygens (including phenoxy) is 1. The van der Waals surface area contributed by atoms with E-state index in [0.717, 1.165) is 27.1 Å². The van der Waals surface area contributed by atoms with Crippen LogP contribution in [0, 0.1) is 0 Å². The number of halogens is 2. The standard InChI is InChI=1S/C12H14Br2N4O/c1-15-5-8-3-9(13)12(10(14)4-8)19-6-11-16-7-17-18(11)2/h3-4,7,15H,5-6H2,1-2H3. The van der Waals surface area contributed by atoms with Crippen LogP contribution in [0.15, 0.2) is 27.4 Å². The Labute approximate surface area is 128 Å². The second-order valence-electron chi connectivity index (χ2n) is 4.01. The van der Waals surface area contributed by atoms with Gasteiger partial charge in [-0.2, -0.15) is 5.10 Å². The van der Waals surface area contributed by atoms with E-state index in [1.165, 1.54) is 11.9 Å². The number of hydrogen-bond acceptors (Lipinski definition) is 4. The first-order valence-corrected chi connectivity index (χ1v) is 7.28. The number of aromatic nitrogens is 3. The summed E-state index contributed by atoms with van der Waals surface area (Å²) in [5.74, 6) is 1.54. The molecular weight excluding hydrogens is 376 g/mol. The van der Waals surface area contributed by atoms with Crippen molar-refractivity contribution >= 4 is 31.9 Å². The van der Waals surface area contributed by atoms with Crippen LogP contribution in [0.2, 0.25) is 0 Å². The van der Waals surface area contributed by atoms with E-state index in [4.69, 9.17) is 4.74 Å². The van der Waals surface area contributed by atoms with Gasteiger partial charge in [-0.3, -0.25) is 4.68 Å². The molecule has 0 saturated carbocycles. The zero-order valence-electron chi connectivity index (χ0n) is 10.7. The highest BCUT2D eigenvalue weighted by atomic mass is 79.9. The van der Waals surface area contributed by atoms with Crippen LogP contribution in [0.4, 0.5) is 0 Å². The summed E-state index contributed by atoms with van der Waals surface area (Å²) in [5, 5.41) is 7.12. The van der Waals surface area contributed by atoms with Crippen molar-refractivity contribution in [3.05, 3.63) is 38.8 Å². The molecule has 5 nitrogen and oxygen atoms in total. The Morgan fingerprint density at radius 3 is 2.53 bits per heavy atom. The predicted octanol–water partition coefficient (Wildman–Crippen LogP) is 2.64. The Hall–Kier alpha value is -0.920. The predicted molar refractivity (Wildman–Crippen MR) is 79.9 cm³/mol. The molecule has 19 heavy (non-hydrogen) atoms. The normalized spacial score (nSPS) is 10.7. The minimum Gasteiger partial charge on any atom is -0.483 e. The molecule has 0 aliphatic rings. The van der Waals surface area contributed by atoms with Crippen molar-refractivity contribution in [2.24, 2.45) is 7.05 Å². The summed E-state index contributed by atoms with van der Waals surface area (Å²) in [6.07, 6.45) is 1.51. The first-order chi connectivity index (χ1) is 9.11. The van der Waals surface area contributed by atoms with Gasteiger partial charge < -0.3 is 10.1 Å². The maximum absolute atomic E-state index is 5.79. The van der Waals surface area contributed by atoms with Gasteiger partial charge in [-0.15, -0.1) is 0 Å². The summed E-state index contributed by atoms with van der Waals surface area (Å²) < 4.78 is 9.30. The summed E-state index contributed by atoms with van der Waals surface area (Å²) in [6.45, 7) is 1.18. The molecule has 0 saturated heterocycles. The van der Waals surface area contributed by atoms with Crippen LogP contribution in [0.3, 0.4) is 0 Å². The van der Waals surface area contributed by atoms with Crippen LogP contribution in [0.25, 0.3) is 0 Å². The Morgan fingerprint density at radius 1 is 1.32 bits per heavy atom. The average molecular weight is 390 g/mol. The van der Waals surface area contributed by atoms with E-state index in [0.29, 0.717) is 6.61 Å². The molecule has 0 aliphatic carbocycles. The van der Waals surface area contributed by atoms with Crippen molar-refractivity contribution in [1.29, 1.82) is 0 Å². The molecule has 0 unspecified atom stereocenters. The zero-order valence-corrected chi connectivity index (χ0v) is 13.8. The van der Waals surface area contributed by atoms with Crippen LogP contribution in [-0.4, -0.2) is 21.8 Å². The number of aryl methyl sites for hydroxylation is 1. The first kappa shape index (κ1) is 14.5. The van der Waals surface area contributed by atoms with Gasteiger partial charge in [-0.05, 0) is 56.6 Å². The maximum Gasteiger partial charge on any atom is 0.164 e. The van der Waals surface area contributed by atoms with Gasteiger partial charge in [0.25, 0.3) is 0 Å². The van der Waals surface area contributed by atoms with Crippen molar-refractivity contribution in [2.45, 2.75) is 13.2 Å². The van der Waals surface area contributed by atoms with Crippen LogP contribution in [0.1, 0.15) is 11.4 Å². The lowest BCUT2D eigenvalue weighted by Crippen LogP contribution is -2.07. The van der Waals surface area contributed by atoms with Gasteiger partial charge in [0, 0.05) is 13.6 Å². The van der Waals surface area contributed by atoms with Gasteiger partial charge in [0.2, 0.25) is 0 Å². The zero-order chi connectivity index (χ0) is 13.8. The Bertz CT molecular complexity index is 548. The minimum absolute atomic E-state index is 0.374. The molecule has 2 aromatic rings. The second-order valence-corrected chi connectivity index (χ2v) is 5.72. The highest BCUT2D eigenvalue weighted by Gasteiger charge is 2.10. The minimum atomic E-state index is 0.374. The van der Waals surface area contributed by atoms with Crippen molar-refractivity contribution < 1.29 is 4.74 Å². The van der Waals surface area contributed by atoms with Crippen molar-refractivity contribution in [2.75, 3.05) is 7.05 Å². The summed E-state index contributed by atoms with van der Waals surface area (Å²) in [4.78, 5) is 4.12. The molecule has 0 spiro atoms. The van der Waals surface area contributed by atoms with Crippen molar-refractivity contribution in [1.82, 2.24) is 20.1 Å². The van der Waals surface area contributed by atoms with Gasteiger partial charge in [-0.25, -0.2) is 4.98 Å². The molecule has 0 aliphatic heterocycles. The molecule has 2 rings (SSSR count). The highest BCUT2D eigenvalue weighted by Crippen LogP contribution is 2.35. The average Bonchev–Trinajstić information content (AvgIpc) is 2.74. The van der Waals surface area contributed by atoms with Gasteiger partial charge in [-0.1, -0.05) is 0 Å². The van der Waals surface area contributed by atoms with E-state index < -0.39 is 0 Å². The molecule has 0 fully saturated rings. The summed E-state index contributed by atoms with van der Waals surface area (Å²) in [6, 6.07) is 4.07. The summed E-state index contributed by atoms with van der Waals surface area (Å²) in [5.41, 5.74) is 1.17. The van der Waals surface area contributed by atoms with Crippen molar-refractivity contribution in [3.8, 4) is 5.75 Å². The largest absolute Gasteiger partial charge is 0.483 e. The molecule has 7 heteroatoms. The van der Waals surface area contributed by atoms with E-state index in [1.807, 2.05) is 26.2 Å². The van der Waals surface area contributed by atoms with E-state index >= 15 is 0 Å². The molecule has 0 atom stereocenters. The SMILES string of the molecule is CNCc1cc(Br)c(OCc2ncnn2C)c(Br)c1. The molecule has 102 valence electrons. The molecule has 0 radical (unpaired) electrons. The number of rotatable bonds is 5. The van der Waals surface area contributed by atoms with Crippen LogP contribution in [-0.2, 0) is 20.2 Å². The van der Waals surface area contributed by atoms with Gasteiger partial charge in [0.1, 0.15) is 18.7 Å². The van der Waals surface area contributed by atoms with Crippen LogP contribution >= 0.6 is 31.9 Å². The quantitative estimate of drug-likeness (QED) is 0.853. The Kier molecular flexibility index (Phi) is 4.95. The fourth-order valence-electron chi connectivity index (χ4n) is 1.64. The maximum atomic E-state index is 5.79. The number of nitrogens with one attached hydrogen (secondary N) is 1. The molecule has 1 N–H and O–H groups in total. The third-order valence-electron chi connectivity index (χ3n) is 2.59. The summed E-state index contributed by atoms with van der Waals surface area (Å²) >= 11 is 7.05. The second kappa shape index (κ2) is 6.49. The highest BCUT2D eigenvalue weighted by molar-refractivity contribution is 9.11. The topological polar surface area (TPSA) is 52.0 Å². The lowest BCUT2D eigenvalue weighted by Gasteiger charge is -2.12. The molecule has 0 amide bonds. The van der Waals surface area contributed by atoms with E-state index in [2.05, 4.69) is 47.3 Å². The van der Waals surface area contributed by atoms with Gasteiger partial charge >= 0.3 is 0 Å². The van der Waals surface area contributed by atoms with Crippen LogP contribution < -0.4 is 10.1 Å². The lowest BCUT2D eigenvalue weighted by atomic mass is 10.2. The number of nitrogens with zero attached hydrogens (tertiary/aromatic N) is 3. The Morgan fingerprint density at radius 2 is 2.00 bits per heavy atom. The van der Waals surface area contributed by atoms with Gasteiger partial charge in [0.15, 0.2) is 5.82 Å². The molecule has 1 aromatic carbocycles. The smallest absolute Gasteiger partial charge is 0.164 e. The summed E-state index contributed by atoms with van der Waals surface area (Å²) in [7, 11) is 3.76. The van der Waals surface area contributed by atoms with Crippen molar-refractivity contribution in [3.63, 3.8) is 0 Å². The lowest BCUT2D eigenvalue weighted by molar-refractivity contribution is 0.286.